The number of fused-ring (bicyclic) bond motifs is 1. The summed E-state index contributed by atoms with van der Waals surface area (Å²) < 4.78 is 1.06. The molecule has 6 heteroatoms. The molecule has 2 aromatic rings. The van der Waals surface area contributed by atoms with E-state index in [1.807, 2.05) is 18.9 Å². The van der Waals surface area contributed by atoms with E-state index in [2.05, 4.69) is 15.0 Å². The van der Waals surface area contributed by atoms with E-state index in [-0.39, 0.29) is 0 Å². The number of likely N-dealkylation sites (N-methyl/N-ethyl adjacent to an activating group) is 1. The number of nitrogens with two attached hydrogens (primary N) is 1. The monoisotopic (exact) mass is 223 g/mol. The average molecular weight is 223 g/mol. The predicted octanol–water partition coefficient (Wildman–Crippen LogP) is 0.790. The van der Waals surface area contributed by atoms with Gasteiger partial charge in [-0.1, -0.05) is 0 Å². The van der Waals surface area contributed by atoms with Crippen LogP contribution in [-0.4, -0.2) is 35.1 Å². The Kier molecular flexibility index (Phi) is 2.79. The second-order valence-electron chi connectivity index (χ2n) is 3.32. The van der Waals surface area contributed by atoms with Gasteiger partial charge in [0.15, 0.2) is 5.65 Å². The third kappa shape index (κ3) is 1.91. The molecule has 2 heterocycles. The van der Waals surface area contributed by atoms with Gasteiger partial charge in [-0.3, -0.25) is 0 Å². The number of anilines is 1. The molecule has 0 amide bonds. The van der Waals surface area contributed by atoms with Crippen molar-refractivity contribution in [3.8, 4) is 0 Å². The highest BCUT2D eigenvalue weighted by atomic mass is 32.1. The van der Waals surface area contributed by atoms with E-state index >= 15 is 0 Å². The Labute approximate surface area is 92.0 Å². The summed E-state index contributed by atoms with van der Waals surface area (Å²) in [5, 5.41) is 0. The van der Waals surface area contributed by atoms with Gasteiger partial charge in [0.2, 0.25) is 5.95 Å². The van der Waals surface area contributed by atoms with Crippen molar-refractivity contribution in [2.75, 3.05) is 25.0 Å². The zero-order chi connectivity index (χ0) is 10.8. The number of nitrogens with zero attached hydrogens (tertiary/aromatic N) is 4. The van der Waals surface area contributed by atoms with E-state index in [0.717, 1.165) is 22.6 Å². The average Bonchev–Trinajstić information content (AvgIpc) is 2.66. The quantitative estimate of drug-likeness (QED) is 0.833. The van der Waals surface area contributed by atoms with Crippen molar-refractivity contribution < 1.29 is 0 Å². The third-order valence-electron chi connectivity index (χ3n) is 2.16. The van der Waals surface area contributed by atoms with Crippen LogP contribution in [0.4, 0.5) is 5.95 Å². The van der Waals surface area contributed by atoms with Crippen LogP contribution in [0.5, 0.6) is 0 Å². The molecule has 0 fully saturated rings. The summed E-state index contributed by atoms with van der Waals surface area (Å²) in [5.74, 6) is 0.691. The Morgan fingerprint density at radius 2 is 2.27 bits per heavy atom. The van der Waals surface area contributed by atoms with Gasteiger partial charge in [0.25, 0.3) is 0 Å². The van der Waals surface area contributed by atoms with Crippen molar-refractivity contribution in [3.63, 3.8) is 0 Å². The van der Waals surface area contributed by atoms with Crippen LogP contribution in [0, 0.1) is 6.92 Å². The summed E-state index contributed by atoms with van der Waals surface area (Å²) in [5.41, 5.74) is 9.02. The summed E-state index contributed by atoms with van der Waals surface area (Å²) in [6.07, 6.45) is 0. The molecule has 80 valence electrons. The first-order chi connectivity index (χ1) is 7.22. The van der Waals surface area contributed by atoms with Gasteiger partial charge in [-0.2, -0.15) is 4.98 Å². The van der Waals surface area contributed by atoms with Gasteiger partial charge < -0.3 is 10.6 Å². The van der Waals surface area contributed by atoms with Crippen LogP contribution in [0.2, 0.25) is 0 Å². The highest BCUT2D eigenvalue weighted by molar-refractivity contribution is 7.16. The topological polar surface area (TPSA) is 67.9 Å². The molecule has 0 unspecified atom stereocenters. The zero-order valence-electron chi connectivity index (χ0n) is 8.77. The maximum absolute atomic E-state index is 5.49. The molecule has 0 bridgehead atoms. The highest BCUT2D eigenvalue weighted by Gasteiger charge is 2.09. The number of rotatable bonds is 3. The molecular weight excluding hydrogens is 210 g/mol. The van der Waals surface area contributed by atoms with Gasteiger partial charge in [0.1, 0.15) is 0 Å². The largest absolute Gasteiger partial charge is 0.343 e. The number of hydrogen-bond donors (Lipinski definition) is 1. The summed E-state index contributed by atoms with van der Waals surface area (Å²) in [6, 6.07) is 0. The molecule has 0 aromatic carbocycles. The number of thiazole rings is 1. The molecule has 15 heavy (non-hydrogen) atoms. The Morgan fingerprint density at radius 3 is 3.00 bits per heavy atom. The lowest BCUT2D eigenvalue weighted by Gasteiger charge is -2.15. The molecule has 0 saturated carbocycles. The smallest absolute Gasteiger partial charge is 0.227 e. The zero-order valence-corrected chi connectivity index (χ0v) is 9.58. The minimum Gasteiger partial charge on any atom is -0.343 e. The molecule has 5 nitrogen and oxygen atoms in total. The van der Waals surface area contributed by atoms with Gasteiger partial charge in [-0.15, -0.1) is 11.3 Å². The van der Waals surface area contributed by atoms with E-state index < -0.39 is 0 Å². The van der Waals surface area contributed by atoms with Gasteiger partial charge in [0.05, 0.1) is 15.9 Å². The first-order valence-corrected chi connectivity index (χ1v) is 5.59. The lowest BCUT2D eigenvalue weighted by Crippen LogP contribution is -2.26. The van der Waals surface area contributed by atoms with Crippen molar-refractivity contribution >= 4 is 27.6 Å². The molecule has 0 atom stereocenters. The molecular formula is C9H13N5S. The van der Waals surface area contributed by atoms with E-state index in [0.29, 0.717) is 12.5 Å². The molecule has 2 aromatic heterocycles. The van der Waals surface area contributed by atoms with E-state index in [1.165, 1.54) is 0 Å². The van der Waals surface area contributed by atoms with E-state index in [4.69, 9.17) is 5.73 Å². The molecule has 2 N–H and O–H groups in total. The van der Waals surface area contributed by atoms with Crippen LogP contribution in [0.1, 0.15) is 5.69 Å². The third-order valence-corrected chi connectivity index (χ3v) is 3.08. The minimum absolute atomic E-state index is 0.591. The normalized spacial score (nSPS) is 10.9. The summed E-state index contributed by atoms with van der Waals surface area (Å²) >= 11 is 1.57. The molecule has 0 saturated heterocycles. The molecule has 0 aliphatic rings. The first kappa shape index (κ1) is 10.3. The van der Waals surface area contributed by atoms with Crippen molar-refractivity contribution in [1.29, 1.82) is 0 Å². The summed E-state index contributed by atoms with van der Waals surface area (Å²) in [6.45, 7) is 3.31. The van der Waals surface area contributed by atoms with Crippen molar-refractivity contribution in [2.45, 2.75) is 6.92 Å². The number of aryl methyl sites for hydroxylation is 1. The fourth-order valence-electron chi connectivity index (χ4n) is 1.35. The Balaban J connectivity index is 2.44. The number of aromatic nitrogens is 3. The van der Waals surface area contributed by atoms with Crippen molar-refractivity contribution in [3.05, 3.63) is 11.2 Å². The molecule has 0 radical (unpaired) electrons. The Bertz CT molecular complexity index is 466. The minimum atomic E-state index is 0.591. The van der Waals surface area contributed by atoms with Crippen molar-refractivity contribution in [2.24, 2.45) is 5.73 Å². The maximum Gasteiger partial charge on any atom is 0.227 e. The second kappa shape index (κ2) is 4.08. The molecule has 0 spiro atoms. The molecule has 0 aliphatic carbocycles. The SMILES string of the molecule is Cc1nc(N(C)CCN)nc2ncsc12. The van der Waals surface area contributed by atoms with E-state index in [9.17, 15) is 0 Å². The van der Waals surface area contributed by atoms with Crippen molar-refractivity contribution in [1.82, 2.24) is 15.0 Å². The van der Waals surface area contributed by atoms with E-state index in [1.54, 1.807) is 16.8 Å². The predicted molar refractivity (Wildman–Crippen MR) is 62.3 cm³/mol. The summed E-state index contributed by atoms with van der Waals surface area (Å²) in [7, 11) is 1.93. The van der Waals surface area contributed by atoms with Crippen LogP contribution >= 0.6 is 11.3 Å². The van der Waals surface area contributed by atoms with Crippen LogP contribution in [0.15, 0.2) is 5.51 Å². The lowest BCUT2D eigenvalue weighted by atomic mass is 10.4. The fourth-order valence-corrected chi connectivity index (χ4v) is 2.03. The summed E-state index contributed by atoms with van der Waals surface area (Å²) in [4.78, 5) is 14.9. The second-order valence-corrected chi connectivity index (χ2v) is 4.18. The molecule has 2 rings (SSSR count). The van der Waals surface area contributed by atoms with Gasteiger partial charge in [-0.25, -0.2) is 9.97 Å². The first-order valence-electron chi connectivity index (χ1n) is 4.71. The Morgan fingerprint density at radius 1 is 1.47 bits per heavy atom. The van der Waals surface area contributed by atoms with Crippen LogP contribution in [0.3, 0.4) is 0 Å². The molecule has 0 aliphatic heterocycles. The van der Waals surface area contributed by atoms with Crippen LogP contribution in [-0.2, 0) is 0 Å². The maximum atomic E-state index is 5.49. The Hall–Kier alpha value is -1.27. The fraction of sp³-hybridized carbons (Fsp3) is 0.444. The van der Waals surface area contributed by atoms with Crippen LogP contribution < -0.4 is 10.6 Å². The van der Waals surface area contributed by atoms with Gasteiger partial charge >= 0.3 is 0 Å². The number of hydrogen-bond acceptors (Lipinski definition) is 6. The van der Waals surface area contributed by atoms with Gasteiger partial charge in [0, 0.05) is 20.1 Å². The standard InChI is InChI=1S/C9H13N5S/c1-6-7-8(11-5-15-7)13-9(12-6)14(2)4-3-10/h5H,3-4,10H2,1-2H3. The lowest BCUT2D eigenvalue weighted by molar-refractivity contribution is 0.846. The van der Waals surface area contributed by atoms with Crippen LogP contribution in [0.25, 0.3) is 10.3 Å². The highest BCUT2D eigenvalue weighted by Crippen LogP contribution is 2.21. The van der Waals surface area contributed by atoms with Gasteiger partial charge in [-0.05, 0) is 6.92 Å².